The average Bonchev–Trinajstić information content (AvgIpc) is 2.25. The lowest BCUT2D eigenvalue weighted by Crippen LogP contribution is -2.29. The Morgan fingerprint density at radius 1 is 1.69 bits per heavy atom. The standard InChI is InChI=1S/C10H17N3O3/c1-7(5-8(6-14)16-2)13-4-3-9(11)12-10(13)15/h3-4,7-8,14H,5-6H2,1-2H3,(H2,11,12,15). The normalized spacial score (nSPS) is 14.7. The van der Waals surface area contributed by atoms with Gasteiger partial charge in [0, 0.05) is 19.3 Å². The van der Waals surface area contributed by atoms with Crippen LogP contribution in [0.5, 0.6) is 0 Å². The van der Waals surface area contributed by atoms with Crippen molar-refractivity contribution in [3.05, 3.63) is 22.7 Å². The van der Waals surface area contributed by atoms with Gasteiger partial charge >= 0.3 is 5.69 Å². The molecule has 0 spiro atoms. The summed E-state index contributed by atoms with van der Waals surface area (Å²) < 4.78 is 6.52. The first kappa shape index (κ1) is 12.7. The predicted octanol–water partition coefficient (Wildman–Crippen LogP) is -0.216. The fourth-order valence-electron chi connectivity index (χ4n) is 1.50. The average molecular weight is 227 g/mol. The number of nitrogen functional groups attached to an aromatic ring is 1. The molecule has 3 N–H and O–H groups in total. The number of methoxy groups -OCH3 is 1. The Bertz CT molecular complexity index is 387. The first-order chi connectivity index (χ1) is 7.58. The molecule has 0 saturated carbocycles. The molecular weight excluding hydrogens is 210 g/mol. The second kappa shape index (κ2) is 5.62. The molecular formula is C10H17N3O3. The van der Waals surface area contributed by atoms with Gasteiger partial charge in [-0.05, 0) is 19.4 Å². The summed E-state index contributed by atoms with van der Waals surface area (Å²) in [5.41, 5.74) is 5.00. The molecule has 1 rings (SSSR count). The van der Waals surface area contributed by atoms with Crippen LogP contribution in [0.15, 0.2) is 17.1 Å². The minimum atomic E-state index is -0.389. The SMILES string of the molecule is COC(CO)CC(C)n1ccc(N)nc1=O. The van der Waals surface area contributed by atoms with Gasteiger partial charge in [-0.3, -0.25) is 4.57 Å². The Morgan fingerprint density at radius 3 is 2.88 bits per heavy atom. The third-order valence-corrected chi connectivity index (χ3v) is 2.47. The molecule has 0 radical (unpaired) electrons. The van der Waals surface area contributed by atoms with E-state index in [0.717, 1.165) is 0 Å². The number of rotatable bonds is 5. The van der Waals surface area contributed by atoms with E-state index in [1.807, 2.05) is 6.92 Å². The molecule has 0 saturated heterocycles. The molecule has 0 aliphatic rings. The van der Waals surface area contributed by atoms with Crippen LogP contribution in [0, 0.1) is 0 Å². The monoisotopic (exact) mass is 227 g/mol. The summed E-state index contributed by atoms with van der Waals surface area (Å²) in [5, 5.41) is 8.99. The smallest absolute Gasteiger partial charge is 0.349 e. The lowest BCUT2D eigenvalue weighted by atomic mass is 10.1. The Balaban J connectivity index is 2.80. The fourth-order valence-corrected chi connectivity index (χ4v) is 1.50. The van der Waals surface area contributed by atoms with Gasteiger partial charge in [-0.25, -0.2) is 4.79 Å². The lowest BCUT2D eigenvalue weighted by molar-refractivity contribution is 0.0342. The van der Waals surface area contributed by atoms with Crippen molar-refractivity contribution in [2.45, 2.75) is 25.5 Å². The number of nitrogens with zero attached hydrogens (tertiary/aromatic N) is 2. The van der Waals surface area contributed by atoms with E-state index >= 15 is 0 Å². The third kappa shape index (κ3) is 3.04. The molecule has 2 unspecified atom stereocenters. The molecule has 6 heteroatoms. The van der Waals surface area contributed by atoms with Crippen molar-refractivity contribution >= 4 is 5.82 Å². The molecule has 1 heterocycles. The quantitative estimate of drug-likeness (QED) is 0.726. The molecule has 2 atom stereocenters. The van der Waals surface area contributed by atoms with Crippen LogP contribution in [0.4, 0.5) is 5.82 Å². The number of hydrogen-bond donors (Lipinski definition) is 2. The first-order valence-corrected chi connectivity index (χ1v) is 5.06. The van der Waals surface area contributed by atoms with E-state index in [1.54, 1.807) is 12.3 Å². The Hall–Kier alpha value is -1.40. The number of aromatic nitrogens is 2. The number of aliphatic hydroxyl groups excluding tert-OH is 1. The van der Waals surface area contributed by atoms with Crippen molar-refractivity contribution in [2.24, 2.45) is 0 Å². The summed E-state index contributed by atoms with van der Waals surface area (Å²) in [6, 6.07) is 1.47. The van der Waals surface area contributed by atoms with Gasteiger partial charge in [0.1, 0.15) is 5.82 Å². The maximum atomic E-state index is 11.5. The van der Waals surface area contributed by atoms with E-state index < -0.39 is 0 Å². The van der Waals surface area contributed by atoms with Gasteiger partial charge < -0.3 is 15.6 Å². The van der Waals surface area contributed by atoms with E-state index in [1.165, 1.54) is 11.7 Å². The van der Waals surface area contributed by atoms with Gasteiger partial charge in [0.15, 0.2) is 0 Å². The summed E-state index contributed by atoms with van der Waals surface area (Å²) in [5.74, 6) is 0.207. The second-order valence-electron chi connectivity index (χ2n) is 3.67. The van der Waals surface area contributed by atoms with Crippen molar-refractivity contribution in [3.8, 4) is 0 Å². The largest absolute Gasteiger partial charge is 0.394 e. The van der Waals surface area contributed by atoms with Crippen molar-refractivity contribution in [3.63, 3.8) is 0 Å². The minimum Gasteiger partial charge on any atom is -0.394 e. The van der Waals surface area contributed by atoms with Gasteiger partial charge in [-0.1, -0.05) is 0 Å². The molecule has 6 nitrogen and oxygen atoms in total. The van der Waals surface area contributed by atoms with Crippen molar-refractivity contribution < 1.29 is 9.84 Å². The molecule has 90 valence electrons. The summed E-state index contributed by atoms with van der Waals surface area (Å²) >= 11 is 0. The van der Waals surface area contributed by atoms with Crippen LogP contribution in [0.25, 0.3) is 0 Å². The van der Waals surface area contributed by atoms with E-state index in [2.05, 4.69) is 4.98 Å². The highest BCUT2D eigenvalue weighted by molar-refractivity contribution is 5.23. The van der Waals surface area contributed by atoms with E-state index in [9.17, 15) is 4.79 Å². The first-order valence-electron chi connectivity index (χ1n) is 5.06. The summed E-state index contributed by atoms with van der Waals surface area (Å²) in [7, 11) is 1.53. The number of nitrogens with two attached hydrogens (primary N) is 1. The minimum absolute atomic E-state index is 0.0714. The van der Waals surface area contributed by atoms with E-state index in [4.69, 9.17) is 15.6 Å². The van der Waals surface area contributed by atoms with E-state index in [0.29, 0.717) is 6.42 Å². The van der Waals surface area contributed by atoms with Crippen LogP contribution < -0.4 is 11.4 Å². The zero-order chi connectivity index (χ0) is 12.1. The molecule has 0 amide bonds. The highest BCUT2D eigenvalue weighted by Crippen LogP contribution is 2.12. The topological polar surface area (TPSA) is 90.4 Å². The Morgan fingerprint density at radius 2 is 2.38 bits per heavy atom. The summed E-state index contributed by atoms with van der Waals surface area (Å²) in [6.07, 6.45) is 1.86. The third-order valence-electron chi connectivity index (χ3n) is 2.47. The van der Waals surface area contributed by atoms with Crippen LogP contribution in [0.3, 0.4) is 0 Å². The highest BCUT2D eigenvalue weighted by Gasteiger charge is 2.14. The Kier molecular flexibility index (Phi) is 4.45. The zero-order valence-corrected chi connectivity index (χ0v) is 9.46. The number of hydrogen-bond acceptors (Lipinski definition) is 5. The molecule has 0 aromatic carbocycles. The molecule has 16 heavy (non-hydrogen) atoms. The van der Waals surface area contributed by atoms with Crippen LogP contribution in [0.2, 0.25) is 0 Å². The van der Waals surface area contributed by atoms with E-state index in [-0.39, 0.29) is 30.3 Å². The van der Waals surface area contributed by atoms with Gasteiger partial charge in [0.25, 0.3) is 0 Å². The highest BCUT2D eigenvalue weighted by atomic mass is 16.5. The summed E-state index contributed by atoms with van der Waals surface area (Å²) in [4.78, 5) is 15.1. The molecule has 0 bridgehead atoms. The second-order valence-corrected chi connectivity index (χ2v) is 3.67. The zero-order valence-electron chi connectivity index (χ0n) is 9.46. The molecule has 0 aliphatic heterocycles. The van der Waals surface area contributed by atoms with Crippen LogP contribution >= 0.6 is 0 Å². The maximum Gasteiger partial charge on any atom is 0.349 e. The molecule has 0 fully saturated rings. The van der Waals surface area contributed by atoms with Crippen LogP contribution in [-0.4, -0.2) is 34.5 Å². The van der Waals surface area contributed by atoms with Gasteiger partial charge in [0.05, 0.1) is 12.7 Å². The van der Waals surface area contributed by atoms with Gasteiger partial charge in [-0.15, -0.1) is 0 Å². The Labute approximate surface area is 93.7 Å². The van der Waals surface area contributed by atoms with Gasteiger partial charge in [0.2, 0.25) is 0 Å². The predicted molar refractivity (Wildman–Crippen MR) is 60.1 cm³/mol. The number of anilines is 1. The molecule has 1 aromatic rings. The molecule has 0 aliphatic carbocycles. The van der Waals surface area contributed by atoms with Crippen molar-refractivity contribution in [1.82, 2.24) is 9.55 Å². The van der Waals surface area contributed by atoms with Crippen molar-refractivity contribution in [2.75, 3.05) is 19.5 Å². The molecule has 1 aromatic heterocycles. The summed E-state index contributed by atoms with van der Waals surface area (Å²) in [6.45, 7) is 1.79. The fraction of sp³-hybridized carbons (Fsp3) is 0.600. The van der Waals surface area contributed by atoms with Crippen LogP contribution in [-0.2, 0) is 4.74 Å². The lowest BCUT2D eigenvalue weighted by Gasteiger charge is -2.19. The number of aliphatic hydroxyl groups is 1. The van der Waals surface area contributed by atoms with Crippen molar-refractivity contribution in [1.29, 1.82) is 0 Å². The van der Waals surface area contributed by atoms with Crippen LogP contribution in [0.1, 0.15) is 19.4 Å². The van der Waals surface area contributed by atoms with Gasteiger partial charge in [-0.2, -0.15) is 4.98 Å². The number of ether oxygens (including phenoxy) is 1. The maximum absolute atomic E-state index is 11.5.